The van der Waals surface area contributed by atoms with Crippen molar-refractivity contribution >= 4 is 24.3 Å². The molecule has 0 unspecified atom stereocenters. The molecule has 3 atom stereocenters. The Bertz CT molecular complexity index is 889. The second-order valence-corrected chi connectivity index (χ2v) is 8.11. The Labute approximate surface area is 188 Å². The Kier molecular flexibility index (Phi) is 7.57. The van der Waals surface area contributed by atoms with Crippen molar-refractivity contribution in [1.82, 2.24) is 5.32 Å². The molecule has 1 amide bonds. The van der Waals surface area contributed by atoms with Gasteiger partial charge in [0.15, 0.2) is 0 Å². The van der Waals surface area contributed by atoms with Gasteiger partial charge in [0.25, 0.3) is 0 Å². The lowest BCUT2D eigenvalue weighted by Crippen LogP contribution is -2.44. The topological polar surface area (TPSA) is 84.9 Å². The number of hydrogen-bond acceptors (Lipinski definition) is 4. The predicted molar refractivity (Wildman–Crippen MR) is 119 cm³/mol. The average Bonchev–Trinajstić information content (AvgIpc) is 3.45. The number of halogens is 1. The Morgan fingerprint density at radius 1 is 1.06 bits per heavy atom. The van der Waals surface area contributed by atoms with Gasteiger partial charge in [0.2, 0.25) is 5.91 Å². The first kappa shape index (κ1) is 23.1. The van der Waals surface area contributed by atoms with Crippen molar-refractivity contribution in [3.8, 4) is 5.75 Å². The first-order chi connectivity index (χ1) is 14.5. The van der Waals surface area contributed by atoms with Crippen molar-refractivity contribution in [2.45, 2.75) is 56.8 Å². The van der Waals surface area contributed by atoms with Crippen molar-refractivity contribution in [3.63, 3.8) is 0 Å². The molecule has 2 aromatic carbocycles. The quantitative estimate of drug-likeness (QED) is 0.625. The largest absolute Gasteiger partial charge is 0.484 e. The average molecular weight is 446 g/mol. The third-order valence-electron chi connectivity index (χ3n) is 5.72. The molecule has 0 spiro atoms. The number of hydrogen-bond donors (Lipinski definition) is 2. The van der Waals surface area contributed by atoms with Crippen LogP contribution in [0, 0.1) is 0 Å². The van der Waals surface area contributed by atoms with Crippen LogP contribution in [-0.2, 0) is 9.53 Å². The van der Waals surface area contributed by atoms with Gasteiger partial charge in [-0.3, -0.25) is 4.79 Å². The lowest BCUT2D eigenvalue weighted by molar-refractivity contribution is -0.131. The molecule has 0 radical (unpaired) electrons. The zero-order valence-corrected chi connectivity index (χ0v) is 18.3. The fourth-order valence-corrected chi connectivity index (χ4v) is 3.83. The summed E-state index contributed by atoms with van der Waals surface area (Å²) in [5.41, 5.74) is 2.49. The van der Waals surface area contributed by atoms with Gasteiger partial charge >= 0.3 is 5.97 Å². The van der Waals surface area contributed by atoms with Crippen LogP contribution in [0.3, 0.4) is 0 Å². The van der Waals surface area contributed by atoms with Crippen molar-refractivity contribution in [2.24, 2.45) is 0 Å². The molecule has 1 heterocycles. The Hall–Kier alpha value is -2.57. The van der Waals surface area contributed by atoms with Crippen LogP contribution in [0.15, 0.2) is 48.5 Å². The van der Waals surface area contributed by atoms with E-state index in [4.69, 9.17) is 14.6 Å². The van der Waals surface area contributed by atoms with Crippen molar-refractivity contribution in [2.75, 3.05) is 6.61 Å². The molecule has 6 nitrogen and oxygen atoms in total. The lowest BCUT2D eigenvalue weighted by atomic mass is 10.00. The molecule has 2 N–H and O–H groups in total. The van der Waals surface area contributed by atoms with E-state index in [9.17, 15) is 9.59 Å². The molecule has 1 saturated heterocycles. The number of carboxylic acid groups (broad SMARTS) is 1. The molecular weight excluding hydrogens is 418 g/mol. The van der Waals surface area contributed by atoms with Gasteiger partial charge < -0.3 is 19.9 Å². The van der Waals surface area contributed by atoms with Crippen molar-refractivity contribution in [3.05, 3.63) is 65.2 Å². The highest BCUT2D eigenvalue weighted by molar-refractivity contribution is 5.87. The lowest BCUT2D eigenvalue weighted by Gasteiger charge is -2.27. The summed E-state index contributed by atoms with van der Waals surface area (Å²) in [6, 6.07) is 14.4. The summed E-state index contributed by atoms with van der Waals surface area (Å²) in [7, 11) is 0. The molecule has 1 saturated carbocycles. The number of carboxylic acids is 1. The molecule has 2 fully saturated rings. The van der Waals surface area contributed by atoms with Gasteiger partial charge in [0.1, 0.15) is 18.0 Å². The monoisotopic (exact) mass is 445 g/mol. The zero-order valence-electron chi connectivity index (χ0n) is 17.5. The van der Waals surface area contributed by atoms with Gasteiger partial charge in [0.05, 0.1) is 11.6 Å². The Morgan fingerprint density at radius 2 is 1.74 bits per heavy atom. The smallest absolute Gasteiger partial charge is 0.335 e. The standard InChI is InChI=1S/C24H27NO5.ClH/c1-15(25-23(26)21-3-2-14-29-21)22(18-8-6-17(7-9-18)16-4-5-16)30-20-12-10-19(11-13-20)24(27)28;/h6-13,15-16,21-22H,2-5,14H2,1H3,(H,25,26)(H,27,28);1H/t15-,21+,22-;/m0./s1. The van der Waals surface area contributed by atoms with Gasteiger partial charge in [0, 0.05) is 6.61 Å². The number of ether oxygens (including phenoxy) is 2. The minimum atomic E-state index is -0.981. The SMILES string of the molecule is C[C@H](NC(=O)[C@H]1CCCO1)[C@H](Oc1ccc(C(=O)O)cc1)c1ccc(C2CC2)cc1.Cl. The molecule has 7 heteroatoms. The molecule has 0 bridgehead atoms. The van der Waals surface area contributed by atoms with Crippen LogP contribution in [0.5, 0.6) is 5.75 Å². The first-order valence-corrected chi connectivity index (χ1v) is 10.5. The number of amides is 1. The molecule has 4 rings (SSSR count). The van der Waals surface area contributed by atoms with Crippen LogP contribution in [0.25, 0.3) is 0 Å². The maximum absolute atomic E-state index is 12.6. The number of benzene rings is 2. The third kappa shape index (κ3) is 5.77. The molecule has 166 valence electrons. The number of carbonyl (C=O) groups excluding carboxylic acids is 1. The number of nitrogens with one attached hydrogen (secondary N) is 1. The van der Waals surface area contributed by atoms with E-state index >= 15 is 0 Å². The van der Waals surface area contributed by atoms with E-state index in [1.165, 1.54) is 30.5 Å². The molecule has 1 aliphatic carbocycles. The first-order valence-electron chi connectivity index (χ1n) is 10.5. The minimum Gasteiger partial charge on any atom is -0.484 e. The number of rotatable bonds is 8. The van der Waals surface area contributed by atoms with Crippen molar-refractivity contribution in [1.29, 1.82) is 0 Å². The molecule has 0 aromatic heterocycles. The zero-order chi connectivity index (χ0) is 21.1. The number of aromatic carboxylic acids is 1. The van der Waals surface area contributed by atoms with Crippen LogP contribution in [0.4, 0.5) is 0 Å². The maximum atomic E-state index is 12.6. The molecule has 2 aromatic rings. The molecule has 1 aliphatic heterocycles. The van der Waals surface area contributed by atoms with E-state index in [0.717, 1.165) is 18.4 Å². The van der Waals surface area contributed by atoms with Crippen LogP contribution < -0.4 is 10.1 Å². The Balaban J connectivity index is 0.00000272. The summed E-state index contributed by atoms with van der Waals surface area (Å²) in [5.74, 6) is 0.114. The predicted octanol–water partition coefficient (Wildman–Crippen LogP) is 4.49. The second kappa shape index (κ2) is 10.2. The third-order valence-corrected chi connectivity index (χ3v) is 5.72. The Morgan fingerprint density at radius 3 is 2.29 bits per heavy atom. The van der Waals surface area contributed by atoms with Crippen LogP contribution in [0.1, 0.15) is 66.1 Å². The minimum absolute atomic E-state index is 0. The van der Waals surface area contributed by atoms with E-state index in [1.54, 1.807) is 12.1 Å². The maximum Gasteiger partial charge on any atom is 0.335 e. The van der Waals surface area contributed by atoms with Crippen LogP contribution in [-0.4, -0.2) is 35.7 Å². The summed E-state index contributed by atoms with van der Waals surface area (Å²) >= 11 is 0. The highest BCUT2D eigenvalue weighted by atomic mass is 35.5. The van der Waals surface area contributed by atoms with E-state index in [-0.39, 0.29) is 29.9 Å². The fraction of sp³-hybridized carbons (Fsp3) is 0.417. The van der Waals surface area contributed by atoms with Crippen molar-refractivity contribution < 1.29 is 24.2 Å². The van der Waals surface area contributed by atoms with Gasteiger partial charge in [-0.2, -0.15) is 0 Å². The summed E-state index contributed by atoms with van der Waals surface area (Å²) in [4.78, 5) is 23.7. The fourth-order valence-electron chi connectivity index (χ4n) is 3.83. The summed E-state index contributed by atoms with van der Waals surface area (Å²) < 4.78 is 11.7. The highest BCUT2D eigenvalue weighted by Gasteiger charge is 2.29. The van der Waals surface area contributed by atoms with E-state index in [1.807, 2.05) is 6.92 Å². The highest BCUT2D eigenvalue weighted by Crippen LogP contribution is 2.40. The second-order valence-electron chi connectivity index (χ2n) is 8.11. The summed E-state index contributed by atoms with van der Waals surface area (Å²) in [5, 5.41) is 12.1. The normalized spacial score (nSPS) is 19.7. The molecular formula is C24H28ClNO5. The van der Waals surface area contributed by atoms with E-state index in [2.05, 4.69) is 29.6 Å². The van der Waals surface area contributed by atoms with E-state index < -0.39 is 18.2 Å². The van der Waals surface area contributed by atoms with Gasteiger partial charge in [-0.15, -0.1) is 12.4 Å². The summed E-state index contributed by atoms with van der Waals surface area (Å²) in [6.45, 7) is 2.53. The van der Waals surface area contributed by atoms with Crippen LogP contribution in [0.2, 0.25) is 0 Å². The van der Waals surface area contributed by atoms with Gasteiger partial charge in [-0.05, 0) is 73.9 Å². The van der Waals surface area contributed by atoms with Crippen LogP contribution >= 0.6 is 12.4 Å². The van der Waals surface area contributed by atoms with Gasteiger partial charge in [-0.25, -0.2) is 4.79 Å². The molecule has 31 heavy (non-hydrogen) atoms. The van der Waals surface area contributed by atoms with E-state index in [0.29, 0.717) is 18.3 Å². The molecule has 2 aliphatic rings. The van der Waals surface area contributed by atoms with Gasteiger partial charge in [-0.1, -0.05) is 24.3 Å². The number of carbonyl (C=O) groups is 2. The summed E-state index contributed by atoms with van der Waals surface area (Å²) in [6.07, 6.45) is 3.29.